The second-order valence-corrected chi connectivity index (χ2v) is 3.28. The quantitative estimate of drug-likeness (QED) is 0.466. The van der Waals surface area contributed by atoms with Crippen LogP contribution in [-0.2, 0) is 4.79 Å². The van der Waals surface area contributed by atoms with Gasteiger partial charge in [-0.25, -0.2) is 4.99 Å². The normalized spacial score (nSPS) is 25.6. The van der Waals surface area contributed by atoms with E-state index in [1.807, 2.05) is 0 Å². The van der Waals surface area contributed by atoms with Gasteiger partial charge in [0.15, 0.2) is 5.50 Å². The van der Waals surface area contributed by atoms with Gasteiger partial charge >= 0.3 is 0 Å². The lowest BCUT2D eigenvalue weighted by Gasteiger charge is -2.10. The van der Waals surface area contributed by atoms with Crippen LogP contribution in [0.1, 0.15) is 0 Å². The average molecular weight is 233 g/mol. The van der Waals surface area contributed by atoms with Gasteiger partial charge in [0.05, 0.1) is 5.03 Å². The fourth-order valence-corrected chi connectivity index (χ4v) is 1.41. The van der Waals surface area contributed by atoms with E-state index in [2.05, 4.69) is 4.99 Å². The molecular formula is C5HCl4NO. The molecule has 0 N–H and O–H groups in total. The fraction of sp³-hybridized carbons (Fsp3) is 0.200. The number of hydrogen-bond acceptors (Lipinski definition) is 2. The van der Waals surface area contributed by atoms with Crippen molar-refractivity contribution >= 4 is 57.4 Å². The Balaban J connectivity index is 3.12. The summed E-state index contributed by atoms with van der Waals surface area (Å²) in [7, 11) is 0. The lowest BCUT2D eigenvalue weighted by atomic mass is 10.3. The van der Waals surface area contributed by atoms with E-state index in [1.165, 1.54) is 0 Å². The summed E-state index contributed by atoms with van der Waals surface area (Å²) in [6, 6.07) is 0. The van der Waals surface area contributed by atoms with E-state index >= 15 is 0 Å². The lowest BCUT2D eigenvalue weighted by molar-refractivity contribution is -0.114. The molecule has 60 valence electrons. The van der Waals surface area contributed by atoms with E-state index in [1.54, 1.807) is 0 Å². The van der Waals surface area contributed by atoms with Gasteiger partial charge in [-0.15, -0.1) is 0 Å². The Morgan fingerprint density at radius 2 is 1.73 bits per heavy atom. The number of ketones is 1. The van der Waals surface area contributed by atoms with Crippen molar-refractivity contribution in [2.24, 2.45) is 4.99 Å². The first-order valence-corrected chi connectivity index (χ1v) is 4.08. The predicted octanol–water partition coefficient (Wildman–Crippen LogP) is 2.46. The molecular weight excluding hydrogens is 232 g/mol. The van der Waals surface area contributed by atoms with Gasteiger partial charge in [-0.3, -0.25) is 4.79 Å². The van der Waals surface area contributed by atoms with E-state index < -0.39 is 11.3 Å². The first-order valence-electron chi connectivity index (χ1n) is 2.51. The van der Waals surface area contributed by atoms with Crippen LogP contribution >= 0.6 is 46.4 Å². The van der Waals surface area contributed by atoms with Crippen molar-refractivity contribution < 1.29 is 4.79 Å². The van der Waals surface area contributed by atoms with Crippen LogP contribution in [0.3, 0.4) is 0 Å². The summed E-state index contributed by atoms with van der Waals surface area (Å²) in [5.41, 5.74) is -1.04. The van der Waals surface area contributed by atoms with E-state index in [4.69, 9.17) is 46.4 Å². The molecule has 1 aliphatic rings. The van der Waals surface area contributed by atoms with Crippen molar-refractivity contribution in [2.75, 3.05) is 0 Å². The molecule has 1 atom stereocenters. The number of hydrogen-bond donors (Lipinski definition) is 0. The van der Waals surface area contributed by atoms with Crippen LogP contribution in [0.15, 0.2) is 15.1 Å². The minimum absolute atomic E-state index is 0.0312. The number of carbonyl (C=O) groups is 1. The standard InChI is InChI=1S/C5HCl4NO/c6-1-2(7)4(8)10-5(9)3(1)11/h5H. The molecule has 0 fully saturated rings. The highest BCUT2D eigenvalue weighted by atomic mass is 35.5. The molecule has 0 aromatic heterocycles. The van der Waals surface area contributed by atoms with Gasteiger partial charge in [-0.05, 0) is 0 Å². The Hall–Kier alpha value is 0.240. The zero-order chi connectivity index (χ0) is 8.59. The fourth-order valence-electron chi connectivity index (χ4n) is 0.518. The van der Waals surface area contributed by atoms with Gasteiger partial charge in [0, 0.05) is 0 Å². The minimum Gasteiger partial charge on any atom is -0.289 e. The van der Waals surface area contributed by atoms with Crippen LogP contribution in [0.4, 0.5) is 0 Å². The summed E-state index contributed by atoms with van der Waals surface area (Å²) >= 11 is 21.8. The van der Waals surface area contributed by atoms with Gasteiger partial charge in [-0.1, -0.05) is 46.4 Å². The summed E-state index contributed by atoms with van der Waals surface area (Å²) in [6.07, 6.45) is 0. The number of alkyl halides is 1. The molecule has 0 spiro atoms. The largest absolute Gasteiger partial charge is 0.289 e. The van der Waals surface area contributed by atoms with Gasteiger partial charge in [-0.2, -0.15) is 0 Å². The number of dihydropyridines is 1. The zero-order valence-corrected chi connectivity index (χ0v) is 7.97. The third-order valence-electron chi connectivity index (χ3n) is 1.03. The third-order valence-corrected chi connectivity index (χ3v) is 2.55. The molecule has 6 heteroatoms. The van der Waals surface area contributed by atoms with Gasteiger partial charge in [0.25, 0.3) is 0 Å². The highest BCUT2D eigenvalue weighted by Gasteiger charge is 2.27. The molecule has 0 saturated carbocycles. The number of nitrogens with zero attached hydrogens (tertiary/aromatic N) is 1. The topological polar surface area (TPSA) is 29.4 Å². The molecule has 0 aromatic carbocycles. The highest BCUT2D eigenvalue weighted by molar-refractivity contribution is 6.78. The van der Waals surface area contributed by atoms with Crippen LogP contribution in [0.5, 0.6) is 0 Å². The number of rotatable bonds is 0. The summed E-state index contributed by atoms with van der Waals surface area (Å²) in [5, 5.41) is -0.238. The first kappa shape index (κ1) is 9.33. The van der Waals surface area contributed by atoms with Gasteiger partial charge < -0.3 is 0 Å². The van der Waals surface area contributed by atoms with Gasteiger partial charge in [0.2, 0.25) is 5.78 Å². The van der Waals surface area contributed by atoms with E-state index in [9.17, 15) is 4.79 Å². The average Bonchev–Trinajstić information content (AvgIpc) is 1.97. The van der Waals surface area contributed by atoms with E-state index in [0.29, 0.717) is 0 Å². The summed E-state index contributed by atoms with van der Waals surface area (Å²) in [5.74, 6) is -0.525. The summed E-state index contributed by atoms with van der Waals surface area (Å²) in [4.78, 5) is 14.4. The highest BCUT2D eigenvalue weighted by Crippen LogP contribution is 2.26. The van der Waals surface area contributed by atoms with Crippen LogP contribution in [0, 0.1) is 0 Å². The van der Waals surface area contributed by atoms with Crippen molar-refractivity contribution in [1.82, 2.24) is 0 Å². The monoisotopic (exact) mass is 231 g/mol. The predicted molar refractivity (Wildman–Crippen MR) is 46.7 cm³/mol. The van der Waals surface area contributed by atoms with Crippen LogP contribution in [0.25, 0.3) is 0 Å². The summed E-state index contributed by atoms with van der Waals surface area (Å²) < 4.78 is 0. The molecule has 1 unspecified atom stereocenters. The molecule has 0 bridgehead atoms. The molecule has 0 aromatic rings. The lowest BCUT2D eigenvalue weighted by Crippen LogP contribution is -2.19. The maximum Gasteiger partial charge on any atom is 0.215 e. The Morgan fingerprint density at radius 1 is 1.18 bits per heavy atom. The molecule has 0 aliphatic carbocycles. The molecule has 0 radical (unpaired) electrons. The van der Waals surface area contributed by atoms with Crippen molar-refractivity contribution in [3.05, 3.63) is 10.1 Å². The van der Waals surface area contributed by atoms with Crippen LogP contribution < -0.4 is 0 Å². The maximum absolute atomic E-state index is 10.9. The number of halogens is 4. The van der Waals surface area contributed by atoms with Crippen molar-refractivity contribution in [2.45, 2.75) is 5.50 Å². The minimum atomic E-state index is -1.04. The molecule has 2 nitrogen and oxygen atoms in total. The Morgan fingerprint density at radius 3 is 2.27 bits per heavy atom. The van der Waals surface area contributed by atoms with Gasteiger partial charge in [0.1, 0.15) is 10.2 Å². The van der Waals surface area contributed by atoms with Crippen LogP contribution in [-0.4, -0.2) is 16.5 Å². The number of allylic oxidation sites excluding steroid dienone is 1. The zero-order valence-electron chi connectivity index (χ0n) is 4.94. The second-order valence-electron chi connectivity index (χ2n) is 1.75. The molecule has 0 saturated heterocycles. The smallest absolute Gasteiger partial charge is 0.215 e. The Kier molecular flexibility index (Phi) is 2.81. The number of carbonyl (C=O) groups excluding carboxylic acids is 1. The Labute approximate surface area is 82.8 Å². The molecule has 1 aliphatic heterocycles. The first-order chi connectivity index (χ1) is 5.04. The molecule has 11 heavy (non-hydrogen) atoms. The van der Waals surface area contributed by atoms with Crippen LogP contribution in [0.2, 0.25) is 0 Å². The molecule has 1 heterocycles. The molecule has 1 rings (SSSR count). The Bertz CT molecular complexity index is 270. The second kappa shape index (κ2) is 3.31. The number of Topliss-reactive ketones (excluding diaryl/α,β-unsaturated/α-hetero) is 1. The maximum atomic E-state index is 10.9. The SMILES string of the molecule is O=C1C(Cl)=C(Cl)C(Cl)=NC1Cl. The van der Waals surface area contributed by atoms with Crippen molar-refractivity contribution in [3.8, 4) is 0 Å². The van der Waals surface area contributed by atoms with E-state index in [-0.39, 0.29) is 15.2 Å². The molecule has 0 amide bonds. The van der Waals surface area contributed by atoms with Crippen molar-refractivity contribution in [1.29, 1.82) is 0 Å². The van der Waals surface area contributed by atoms with Crippen molar-refractivity contribution in [3.63, 3.8) is 0 Å². The third kappa shape index (κ3) is 1.70. The van der Waals surface area contributed by atoms with E-state index in [0.717, 1.165) is 0 Å². The number of aliphatic imine (C=N–C) groups is 1. The summed E-state index contributed by atoms with van der Waals surface area (Å²) in [6.45, 7) is 0.